The van der Waals surface area contributed by atoms with E-state index in [1.54, 1.807) is 24.1 Å². The number of pyridine rings is 2. The van der Waals surface area contributed by atoms with Crippen LogP contribution in [0.1, 0.15) is 23.3 Å². The number of carbonyl (C=O) groups is 1. The van der Waals surface area contributed by atoms with Crippen LogP contribution >= 0.6 is 0 Å². The van der Waals surface area contributed by atoms with Crippen molar-refractivity contribution in [2.45, 2.75) is 24.5 Å². The fraction of sp³-hybridized carbons (Fsp3) is 0.421. The van der Waals surface area contributed by atoms with E-state index in [2.05, 4.69) is 4.98 Å². The monoisotopic (exact) mass is 373 g/mol. The lowest BCUT2D eigenvalue weighted by Gasteiger charge is -2.23. The second-order valence-corrected chi connectivity index (χ2v) is 7.01. The van der Waals surface area contributed by atoms with E-state index in [9.17, 15) is 14.0 Å². The van der Waals surface area contributed by atoms with Gasteiger partial charge in [-0.15, -0.1) is 0 Å². The van der Waals surface area contributed by atoms with Gasteiger partial charge in [-0.25, -0.2) is 9.37 Å². The van der Waals surface area contributed by atoms with Crippen molar-refractivity contribution in [2.24, 2.45) is 7.05 Å². The first-order valence-electron chi connectivity index (χ1n) is 8.84. The van der Waals surface area contributed by atoms with E-state index >= 15 is 0 Å². The molecule has 4 heterocycles. The van der Waals surface area contributed by atoms with Gasteiger partial charge in [-0.05, 0) is 24.6 Å². The number of likely N-dealkylation sites (tertiary alicyclic amines) is 1. The van der Waals surface area contributed by atoms with Crippen molar-refractivity contribution >= 4 is 5.91 Å². The van der Waals surface area contributed by atoms with Crippen molar-refractivity contribution in [3.8, 4) is 5.88 Å². The summed E-state index contributed by atoms with van der Waals surface area (Å²) in [6.07, 6.45) is 2.39. The molecule has 8 heteroatoms. The fourth-order valence-electron chi connectivity index (χ4n) is 3.74. The van der Waals surface area contributed by atoms with Crippen molar-refractivity contribution in [1.29, 1.82) is 0 Å². The summed E-state index contributed by atoms with van der Waals surface area (Å²) >= 11 is 0. The average molecular weight is 373 g/mol. The van der Waals surface area contributed by atoms with Crippen LogP contribution < -0.4 is 10.3 Å². The summed E-state index contributed by atoms with van der Waals surface area (Å²) in [6, 6.07) is 7.44. The largest absolute Gasteiger partial charge is 0.470 e. The van der Waals surface area contributed by atoms with Crippen LogP contribution in [0.15, 0.2) is 41.3 Å². The first kappa shape index (κ1) is 17.7. The predicted molar refractivity (Wildman–Crippen MR) is 94.1 cm³/mol. The first-order valence-corrected chi connectivity index (χ1v) is 8.84. The highest BCUT2D eigenvalue weighted by Gasteiger charge is 2.48. The third kappa shape index (κ3) is 3.32. The molecule has 7 nitrogen and oxygen atoms in total. The highest BCUT2D eigenvalue weighted by Crippen LogP contribution is 2.37. The molecule has 4 rings (SSSR count). The minimum Gasteiger partial charge on any atom is -0.470 e. The van der Waals surface area contributed by atoms with Gasteiger partial charge in [-0.3, -0.25) is 9.59 Å². The van der Waals surface area contributed by atoms with Crippen LogP contribution in [0.3, 0.4) is 0 Å². The molecule has 0 saturated carbocycles. The zero-order valence-electron chi connectivity index (χ0n) is 14.9. The van der Waals surface area contributed by atoms with Gasteiger partial charge in [0.25, 0.3) is 17.3 Å². The number of halogens is 1. The Morgan fingerprint density at radius 3 is 3.04 bits per heavy atom. The molecule has 1 spiro atoms. The lowest BCUT2D eigenvalue weighted by Crippen LogP contribution is -2.38. The molecule has 2 aromatic heterocycles. The van der Waals surface area contributed by atoms with Crippen LogP contribution in [0.25, 0.3) is 0 Å². The second kappa shape index (κ2) is 6.77. The molecule has 2 atom stereocenters. The molecule has 2 fully saturated rings. The molecule has 0 N–H and O–H groups in total. The number of hydrogen-bond acceptors (Lipinski definition) is 5. The van der Waals surface area contributed by atoms with Gasteiger partial charge in [0.05, 0.1) is 18.8 Å². The number of nitrogens with zero attached hydrogens (tertiary/aromatic N) is 3. The molecule has 2 saturated heterocycles. The number of carbonyl (C=O) groups excluding carboxylic acids is 1. The molecule has 1 amide bonds. The summed E-state index contributed by atoms with van der Waals surface area (Å²) in [6.45, 7) is 1.27. The smallest absolute Gasteiger partial charge is 0.270 e. The Balaban J connectivity index is 1.43. The predicted octanol–water partition coefficient (Wildman–Crippen LogP) is 1.37. The molecule has 2 aliphatic heterocycles. The highest BCUT2D eigenvalue weighted by atomic mass is 19.1. The number of aromatic nitrogens is 2. The molecule has 0 aliphatic carbocycles. The zero-order chi connectivity index (χ0) is 19.0. The number of rotatable bonds is 3. The lowest BCUT2D eigenvalue weighted by atomic mass is 9.98. The maximum absolute atomic E-state index is 13.7. The topological polar surface area (TPSA) is 73.7 Å². The lowest BCUT2D eigenvalue weighted by molar-refractivity contribution is 0.00965. The molecule has 0 unspecified atom stereocenters. The summed E-state index contributed by atoms with van der Waals surface area (Å²) < 4.78 is 26.7. The Hall–Kier alpha value is -2.74. The SMILES string of the molecule is Cn1c(C(=O)N2CC[C@]3(C[C@@H](Oc4ncccc4F)CO3)C2)cccc1=O. The Morgan fingerprint density at radius 2 is 2.22 bits per heavy atom. The highest BCUT2D eigenvalue weighted by molar-refractivity contribution is 5.92. The summed E-state index contributed by atoms with van der Waals surface area (Å²) in [7, 11) is 1.58. The van der Waals surface area contributed by atoms with E-state index < -0.39 is 11.4 Å². The second-order valence-electron chi connectivity index (χ2n) is 7.01. The number of hydrogen-bond donors (Lipinski definition) is 0. The van der Waals surface area contributed by atoms with Gasteiger partial charge in [0.15, 0.2) is 5.82 Å². The van der Waals surface area contributed by atoms with E-state index in [0.29, 0.717) is 38.2 Å². The maximum Gasteiger partial charge on any atom is 0.270 e. The standard InChI is InChI=1S/C19H20FN3O4/c1-22-15(5-2-6-16(22)24)18(25)23-9-7-19(12-23)10-13(11-26-19)27-17-14(20)4-3-8-21-17/h2-6,8,13H,7,9-12H2,1H3/t13-,19+/m1/s1. The van der Waals surface area contributed by atoms with Crippen LogP contribution in [0.5, 0.6) is 5.88 Å². The van der Waals surface area contributed by atoms with E-state index in [4.69, 9.17) is 9.47 Å². The molecule has 2 aliphatic rings. The van der Waals surface area contributed by atoms with E-state index in [1.165, 1.54) is 29.0 Å². The van der Waals surface area contributed by atoms with Gasteiger partial charge in [0.1, 0.15) is 11.8 Å². The third-order valence-corrected chi connectivity index (χ3v) is 5.19. The van der Waals surface area contributed by atoms with Crippen molar-refractivity contribution < 1.29 is 18.7 Å². The Labute approximate surface area is 155 Å². The summed E-state index contributed by atoms with van der Waals surface area (Å²) in [5, 5.41) is 0. The van der Waals surface area contributed by atoms with E-state index in [0.717, 1.165) is 0 Å². The van der Waals surface area contributed by atoms with Crippen molar-refractivity contribution in [2.75, 3.05) is 19.7 Å². The van der Waals surface area contributed by atoms with Gasteiger partial charge < -0.3 is 18.9 Å². The third-order valence-electron chi connectivity index (χ3n) is 5.19. The van der Waals surface area contributed by atoms with E-state index in [1.807, 2.05) is 0 Å². The van der Waals surface area contributed by atoms with Gasteiger partial charge >= 0.3 is 0 Å². The van der Waals surface area contributed by atoms with Gasteiger partial charge in [-0.2, -0.15) is 0 Å². The van der Waals surface area contributed by atoms with Crippen LogP contribution in [-0.4, -0.2) is 51.8 Å². The molecule has 27 heavy (non-hydrogen) atoms. The van der Waals surface area contributed by atoms with Crippen LogP contribution in [0, 0.1) is 5.82 Å². The molecular weight excluding hydrogens is 353 g/mol. The Kier molecular flexibility index (Phi) is 4.43. The Morgan fingerprint density at radius 1 is 1.37 bits per heavy atom. The number of ether oxygens (including phenoxy) is 2. The summed E-state index contributed by atoms with van der Waals surface area (Å²) in [4.78, 5) is 30.2. The summed E-state index contributed by atoms with van der Waals surface area (Å²) in [5.41, 5.74) is -0.377. The first-order chi connectivity index (χ1) is 13.0. The van der Waals surface area contributed by atoms with Crippen LogP contribution in [0.4, 0.5) is 4.39 Å². The maximum atomic E-state index is 13.7. The molecule has 142 valence electrons. The van der Waals surface area contributed by atoms with Gasteiger partial charge in [0, 0.05) is 32.3 Å². The minimum atomic E-state index is -0.508. The van der Waals surface area contributed by atoms with Crippen molar-refractivity contribution in [3.63, 3.8) is 0 Å². The van der Waals surface area contributed by atoms with Gasteiger partial charge in [-0.1, -0.05) is 6.07 Å². The van der Waals surface area contributed by atoms with Crippen molar-refractivity contribution in [1.82, 2.24) is 14.5 Å². The van der Waals surface area contributed by atoms with Crippen LogP contribution in [-0.2, 0) is 11.8 Å². The molecule has 0 radical (unpaired) electrons. The van der Waals surface area contributed by atoms with Crippen molar-refractivity contribution in [3.05, 3.63) is 58.4 Å². The normalized spacial score (nSPS) is 24.5. The van der Waals surface area contributed by atoms with Crippen LogP contribution in [0.2, 0.25) is 0 Å². The Bertz CT molecular complexity index is 931. The minimum absolute atomic E-state index is 0.0339. The quantitative estimate of drug-likeness (QED) is 0.813. The number of amides is 1. The summed E-state index contributed by atoms with van der Waals surface area (Å²) in [5.74, 6) is -0.740. The molecule has 0 aromatic carbocycles. The average Bonchev–Trinajstić information content (AvgIpc) is 3.26. The molecular formula is C19H20FN3O4. The van der Waals surface area contributed by atoms with Gasteiger partial charge in [0.2, 0.25) is 0 Å². The van der Waals surface area contributed by atoms with E-state index in [-0.39, 0.29) is 23.5 Å². The fourth-order valence-corrected chi connectivity index (χ4v) is 3.74. The molecule has 2 aromatic rings. The zero-order valence-corrected chi connectivity index (χ0v) is 14.9. The molecule has 0 bridgehead atoms.